The van der Waals surface area contributed by atoms with E-state index in [1.54, 1.807) is 0 Å². The summed E-state index contributed by atoms with van der Waals surface area (Å²) in [6, 6.07) is 0. The molecule has 0 aromatic carbocycles. The lowest BCUT2D eigenvalue weighted by Crippen LogP contribution is -2.25. The Morgan fingerprint density at radius 3 is 2.95 bits per heavy atom. The van der Waals surface area contributed by atoms with Gasteiger partial charge in [0.15, 0.2) is 5.78 Å². The van der Waals surface area contributed by atoms with Gasteiger partial charge in [0.2, 0.25) is 0 Å². The van der Waals surface area contributed by atoms with E-state index in [0.29, 0.717) is 6.42 Å². The molecule has 0 unspecified atom stereocenters. The van der Waals surface area contributed by atoms with E-state index < -0.39 is 0 Å². The Bertz CT molecular complexity index is 654. The Kier molecular flexibility index (Phi) is 3.24. The van der Waals surface area contributed by atoms with Crippen molar-refractivity contribution >= 4 is 17.1 Å². The number of carbonyl (C=O) groups is 1. The lowest BCUT2D eigenvalue weighted by molar-refractivity contribution is 0.0916. The van der Waals surface area contributed by atoms with Crippen molar-refractivity contribution in [2.45, 2.75) is 46.6 Å². The predicted molar refractivity (Wildman–Crippen MR) is 80.1 cm³/mol. The third-order valence-electron chi connectivity index (χ3n) is 3.57. The van der Waals surface area contributed by atoms with Crippen molar-refractivity contribution in [1.82, 2.24) is 14.8 Å². The Labute approximate surface area is 122 Å². The minimum Gasteiger partial charge on any atom is -0.293 e. The molecule has 2 heterocycles. The fraction of sp³-hybridized carbons (Fsp3) is 0.533. The van der Waals surface area contributed by atoms with Gasteiger partial charge in [-0.05, 0) is 18.3 Å². The fourth-order valence-electron chi connectivity index (χ4n) is 2.67. The number of hydrogen-bond acceptors (Lipinski definition) is 4. The molecule has 1 aliphatic rings. The minimum atomic E-state index is 0.0296. The number of nitrogens with zero attached hydrogens (tertiary/aromatic N) is 3. The van der Waals surface area contributed by atoms with Crippen LogP contribution in [-0.4, -0.2) is 20.5 Å². The summed E-state index contributed by atoms with van der Waals surface area (Å²) in [7, 11) is 0. The zero-order valence-corrected chi connectivity index (χ0v) is 13.0. The number of fused-ring (bicyclic) bond motifs is 1. The number of Topliss-reactive ketones (excluding diaryl/α,β-unsaturated/α-hetero) is 1. The van der Waals surface area contributed by atoms with Gasteiger partial charge in [0, 0.05) is 24.7 Å². The van der Waals surface area contributed by atoms with Crippen LogP contribution in [-0.2, 0) is 13.0 Å². The molecule has 0 atom stereocenters. The van der Waals surface area contributed by atoms with E-state index in [-0.39, 0.29) is 11.2 Å². The number of thiazole rings is 1. The number of aryl methyl sites for hydroxylation is 1. The Morgan fingerprint density at radius 2 is 2.20 bits per heavy atom. The molecule has 0 spiro atoms. The topological polar surface area (TPSA) is 47.8 Å². The van der Waals surface area contributed by atoms with Crippen molar-refractivity contribution in [2.24, 2.45) is 5.41 Å². The van der Waals surface area contributed by atoms with Crippen LogP contribution in [0.2, 0.25) is 0 Å². The molecule has 3 rings (SSSR count). The van der Waals surface area contributed by atoms with Gasteiger partial charge in [-0.15, -0.1) is 11.3 Å². The first kappa shape index (κ1) is 13.5. The molecular weight excluding hydrogens is 270 g/mol. The van der Waals surface area contributed by atoms with Crippen molar-refractivity contribution in [1.29, 1.82) is 0 Å². The van der Waals surface area contributed by atoms with E-state index >= 15 is 0 Å². The number of hydrogen-bond donors (Lipinski definition) is 0. The quantitative estimate of drug-likeness (QED) is 0.868. The second-order valence-electron chi connectivity index (χ2n) is 6.23. The highest BCUT2D eigenvalue weighted by atomic mass is 32.1. The van der Waals surface area contributed by atoms with Gasteiger partial charge in [0.25, 0.3) is 0 Å². The molecule has 0 saturated carbocycles. The molecule has 0 saturated heterocycles. The maximum Gasteiger partial charge on any atom is 0.175 e. The fourth-order valence-corrected chi connectivity index (χ4v) is 3.66. The van der Waals surface area contributed by atoms with Gasteiger partial charge in [-0.2, -0.15) is 5.10 Å². The molecule has 106 valence electrons. The Hall–Kier alpha value is -1.49. The van der Waals surface area contributed by atoms with Crippen LogP contribution in [0.15, 0.2) is 12.4 Å². The van der Waals surface area contributed by atoms with Crippen molar-refractivity contribution in [2.75, 3.05) is 0 Å². The molecule has 1 aliphatic carbocycles. The maximum absolute atomic E-state index is 12.2. The summed E-state index contributed by atoms with van der Waals surface area (Å²) >= 11 is 1.51. The Morgan fingerprint density at radius 1 is 1.40 bits per heavy atom. The van der Waals surface area contributed by atoms with Crippen molar-refractivity contribution in [3.05, 3.63) is 23.0 Å². The van der Waals surface area contributed by atoms with E-state index in [0.717, 1.165) is 40.5 Å². The summed E-state index contributed by atoms with van der Waals surface area (Å²) in [5.41, 5.74) is 2.01. The number of aromatic nitrogens is 3. The SMILES string of the molecule is CCCn1cc(-c2nc3c(s2)C(=O)CC(C)(C)C3)cn1. The van der Waals surface area contributed by atoms with Crippen LogP contribution in [0.3, 0.4) is 0 Å². The van der Waals surface area contributed by atoms with E-state index in [4.69, 9.17) is 0 Å². The van der Waals surface area contributed by atoms with Crippen molar-refractivity contribution in [3.8, 4) is 10.6 Å². The van der Waals surface area contributed by atoms with E-state index in [1.807, 2.05) is 17.1 Å². The lowest BCUT2D eigenvalue weighted by Gasteiger charge is -2.26. The minimum absolute atomic E-state index is 0.0296. The molecular formula is C15H19N3OS. The molecule has 0 N–H and O–H groups in total. The number of rotatable bonds is 3. The normalized spacial score (nSPS) is 17.2. The third-order valence-corrected chi connectivity index (χ3v) is 4.76. The largest absolute Gasteiger partial charge is 0.293 e. The van der Waals surface area contributed by atoms with Crippen LogP contribution >= 0.6 is 11.3 Å². The van der Waals surface area contributed by atoms with Crippen LogP contribution in [0.25, 0.3) is 10.6 Å². The van der Waals surface area contributed by atoms with Crippen LogP contribution in [0, 0.1) is 5.41 Å². The zero-order chi connectivity index (χ0) is 14.3. The van der Waals surface area contributed by atoms with Crippen LogP contribution in [0.4, 0.5) is 0 Å². The molecule has 4 nitrogen and oxygen atoms in total. The van der Waals surface area contributed by atoms with Gasteiger partial charge < -0.3 is 0 Å². The first-order valence-electron chi connectivity index (χ1n) is 7.04. The third kappa shape index (κ3) is 2.42. The highest BCUT2D eigenvalue weighted by Gasteiger charge is 2.34. The first-order valence-corrected chi connectivity index (χ1v) is 7.86. The average Bonchev–Trinajstić information content (AvgIpc) is 2.94. The van der Waals surface area contributed by atoms with Crippen LogP contribution < -0.4 is 0 Å². The van der Waals surface area contributed by atoms with Crippen molar-refractivity contribution < 1.29 is 4.79 Å². The summed E-state index contributed by atoms with van der Waals surface area (Å²) < 4.78 is 1.93. The summed E-state index contributed by atoms with van der Waals surface area (Å²) in [5.74, 6) is 0.237. The molecule has 20 heavy (non-hydrogen) atoms. The van der Waals surface area contributed by atoms with Crippen LogP contribution in [0.1, 0.15) is 49.0 Å². The first-order chi connectivity index (χ1) is 9.48. The molecule has 0 aliphatic heterocycles. The van der Waals surface area contributed by atoms with Gasteiger partial charge in [0.05, 0.1) is 16.8 Å². The van der Waals surface area contributed by atoms with E-state index in [1.165, 1.54) is 11.3 Å². The molecule has 0 amide bonds. The van der Waals surface area contributed by atoms with Gasteiger partial charge in [-0.1, -0.05) is 20.8 Å². The molecule has 0 radical (unpaired) electrons. The highest BCUT2D eigenvalue weighted by Crippen LogP contribution is 2.39. The molecule has 2 aromatic heterocycles. The molecule has 2 aromatic rings. The summed E-state index contributed by atoms with van der Waals surface area (Å²) in [4.78, 5) is 17.7. The van der Waals surface area contributed by atoms with Crippen molar-refractivity contribution in [3.63, 3.8) is 0 Å². The molecule has 5 heteroatoms. The average molecular weight is 289 g/mol. The standard InChI is InChI=1S/C15H19N3OS/c1-4-5-18-9-10(8-16-18)14-17-11-6-15(2,3)7-12(19)13(11)20-14/h8-9H,4-7H2,1-3H3. The second kappa shape index (κ2) is 4.81. The summed E-state index contributed by atoms with van der Waals surface area (Å²) in [6.07, 6.45) is 6.42. The summed E-state index contributed by atoms with van der Waals surface area (Å²) in [5, 5.41) is 5.25. The summed E-state index contributed by atoms with van der Waals surface area (Å²) in [6.45, 7) is 7.31. The number of carbonyl (C=O) groups excluding carboxylic acids is 1. The predicted octanol–water partition coefficient (Wildman–Crippen LogP) is 3.57. The number of ketones is 1. The maximum atomic E-state index is 12.2. The second-order valence-corrected chi connectivity index (χ2v) is 7.23. The highest BCUT2D eigenvalue weighted by molar-refractivity contribution is 7.17. The van der Waals surface area contributed by atoms with Gasteiger partial charge in [-0.3, -0.25) is 9.48 Å². The molecule has 0 bridgehead atoms. The van der Waals surface area contributed by atoms with Gasteiger partial charge in [0.1, 0.15) is 5.01 Å². The van der Waals surface area contributed by atoms with E-state index in [9.17, 15) is 4.79 Å². The zero-order valence-electron chi connectivity index (χ0n) is 12.1. The van der Waals surface area contributed by atoms with Gasteiger partial charge >= 0.3 is 0 Å². The smallest absolute Gasteiger partial charge is 0.175 e. The Balaban J connectivity index is 1.95. The van der Waals surface area contributed by atoms with E-state index in [2.05, 4.69) is 30.9 Å². The molecule has 0 fully saturated rings. The lowest BCUT2D eigenvalue weighted by atomic mass is 9.78. The monoisotopic (exact) mass is 289 g/mol. The van der Waals surface area contributed by atoms with Gasteiger partial charge in [-0.25, -0.2) is 4.98 Å². The van der Waals surface area contributed by atoms with Crippen LogP contribution in [0.5, 0.6) is 0 Å².